The predicted octanol–water partition coefficient (Wildman–Crippen LogP) is 2.86. The number of benzene rings is 2. The van der Waals surface area contributed by atoms with Crippen LogP contribution in [0.5, 0.6) is 0 Å². The van der Waals surface area contributed by atoms with Gasteiger partial charge in [0.25, 0.3) is 5.56 Å². The lowest BCUT2D eigenvalue weighted by molar-refractivity contribution is 0.501. The van der Waals surface area contributed by atoms with Crippen LogP contribution in [0, 0.1) is 11.3 Å². The van der Waals surface area contributed by atoms with Crippen LogP contribution in [0.15, 0.2) is 59.4 Å². The maximum Gasteiger partial charge on any atom is 0.260 e. The van der Waals surface area contributed by atoms with E-state index in [9.17, 15) is 10.1 Å². The average molecular weight is 415 g/mol. The molecule has 1 unspecified atom stereocenters. The number of anilines is 2. The molecule has 1 saturated heterocycles. The normalized spacial score (nSPS) is 16.0. The lowest BCUT2D eigenvalue weighted by Gasteiger charge is -2.33. The molecule has 7 heteroatoms. The van der Waals surface area contributed by atoms with Gasteiger partial charge in [-0.3, -0.25) is 9.36 Å². The van der Waals surface area contributed by atoms with Gasteiger partial charge in [-0.1, -0.05) is 42.5 Å². The molecular weight excluding hydrogens is 388 g/mol. The average Bonchev–Trinajstić information content (AvgIpc) is 2.80. The molecule has 1 aromatic heterocycles. The van der Waals surface area contributed by atoms with E-state index >= 15 is 0 Å². The van der Waals surface area contributed by atoms with Crippen molar-refractivity contribution in [3.05, 3.63) is 76.1 Å². The fraction of sp³-hybridized carbons (Fsp3) is 0.292. The van der Waals surface area contributed by atoms with Gasteiger partial charge in [-0.15, -0.1) is 0 Å². The zero-order valence-electron chi connectivity index (χ0n) is 17.6. The van der Waals surface area contributed by atoms with Gasteiger partial charge in [0.15, 0.2) is 0 Å². The van der Waals surface area contributed by atoms with Gasteiger partial charge in [0.2, 0.25) is 0 Å². The standard InChI is InChI=1S/C24H26N6O/c1-29-22(17-8-3-2-4-9-17)28-23(30-13-7-11-19(26)16-30)20(24(29)31)15-27-21-12-6-5-10-18(21)14-25/h2-6,8-10,12,19,27H,7,11,13,15-16,26H2,1H3. The SMILES string of the molecule is Cn1c(-c2ccccc2)nc(N2CCCC(N)C2)c(CNc2ccccc2C#N)c1=O. The van der Waals surface area contributed by atoms with Gasteiger partial charge in [0.05, 0.1) is 16.8 Å². The molecule has 4 rings (SSSR count). The van der Waals surface area contributed by atoms with E-state index in [1.807, 2.05) is 48.5 Å². The minimum absolute atomic E-state index is 0.0555. The molecule has 1 aliphatic rings. The van der Waals surface area contributed by atoms with Crippen LogP contribution in [0.1, 0.15) is 24.0 Å². The molecule has 31 heavy (non-hydrogen) atoms. The number of para-hydroxylation sites is 1. The number of aromatic nitrogens is 2. The Hall–Kier alpha value is -3.63. The molecule has 1 aliphatic heterocycles. The van der Waals surface area contributed by atoms with Crippen molar-refractivity contribution in [3.8, 4) is 17.5 Å². The second kappa shape index (κ2) is 9.02. The molecule has 0 saturated carbocycles. The summed E-state index contributed by atoms with van der Waals surface area (Å²) in [5.74, 6) is 1.29. The summed E-state index contributed by atoms with van der Waals surface area (Å²) in [6.45, 7) is 1.74. The van der Waals surface area contributed by atoms with Crippen LogP contribution in [0.3, 0.4) is 0 Å². The molecule has 0 spiro atoms. The lowest BCUT2D eigenvalue weighted by atomic mass is 10.1. The molecule has 1 atom stereocenters. The summed E-state index contributed by atoms with van der Waals surface area (Å²) in [6, 6.07) is 19.2. The van der Waals surface area contributed by atoms with E-state index in [-0.39, 0.29) is 18.1 Å². The van der Waals surface area contributed by atoms with Gasteiger partial charge in [-0.05, 0) is 25.0 Å². The maximum absolute atomic E-state index is 13.4. The van der Waals surface area contributed by atoms with Crippen molar-refractivity contribution in [1.82, 2.24) is 9.55 Å². The van der Waals surface area contributed by atoms with Crippen molar-refractivity contribution >= 4 is 11.5 Å². The molecule has 0 amide bonds. The van der Waals surface area contributed by atoms with Crippen LogP contribution < -0.4 is 21.5 Å². The minimum Gasteiger partial charge on any atom is -0.380 e. The lowest BCUT2D eigenvalue weighted by Crippen LogP contribution is -2.45. The number of hydrogen-bond donors (Lipinski definition) is 2. The number of nitriles is 1. The Morgan fingerprint density at radius 1 is 1.19 bits per heavy atom. The summed E-state index contributed by atoms with van der Waals surface area (Å²) < 4.78 is 1.59. The van der Waals surface area contributed by atoms with E-state index in [1.54, 1.807) is 17.7 Å². The van der Waals surface area contributed by atoms with Crippen LogP contribution >= 0.6 is 0 Å². The Balaban J connectivity index is 1.78. The second-order valence-corrected chi connectivity index (χ2v) is 7.83. The highest BCUT2D eigenvalue weighted by atomic mass is 16.1. The fourth-order valence-corrected chi connectivity index (χ4v) is 4.02. The molecule has 2 heterocycles. The summed E-state index contributed by atoms with van der Waals surface area (Å²) in [6.07, 6.45) is 1.93. The Morgan fingerprint density at radius 3 is 2.68 bits per heavy atom. The van der Waals surface area contributed by atoms with E-state index in [0.717, 1.165) is 24.9 Å². The van der Waals surface area contributed by atoms with Crippen molar-refractivity contribution in [2.75, 3.05) is 23.3 Å². The first-order valence-electron chi connectivity index (χ1n) is 10.5. The van der Waals surface area contributed by atoms with Crippen molar-refractivity contribution in [2.24, 2.45) is 12.8 Å². The quantitative estimate of drug-likeness (QED) is 0.666. The minimum atomic E-state index is -0.107. The number of nitrogens with zero attached hydrogens (tertiary/aromatic N) is 4. The van der Waals surface area contributed by atoms with Gasteiger partial charge in [0.1, 0.15) is 17.7 Å². The number of nitrogens with two attached hydrogens (primary N) is 1. The third-order valence-corrected chi connectivity index (χ3v) is 5.65. The predicted molar refractivity (Wildman–Crippen MR) is 123 cm³/mol. The summed E-state index contributed by atoms with van der Waals surface area (Å²) >= 11 is 0. The monoisotopic (exact) mass is 414 g/mol. The van der Waals surface area contributed by atoms with E-state index < -0.39 is 0 Å². The number of piperidine rings is 1. The van der Waals surface area contributed by atoms with Gasteiger partial charge >= 0.3 is 0 Å². The van der Waals surface area contributed by atoms with Crippen molar-refractivity contribution in [2.45, 2.75) is 25.4 Å². The highest BCUT2D eigenvalue weighted by Gasteiger charge is 2.24. The molecule has 158 valence electrons. The molecule has 2 aromatic carbocycles. The molecular formula is C24H26N6O. The van der Waals surface area contributed by atoms with Crippen LogP contribution in [0.4, 0.5) is 11.5 Å². The van der Waals surface area contributed by atoms with Crippen LogP contribution in [-0.2, 0) is 13.6 Å². The van der Waals surface area contributed by atoms with Crippen LogP contribution in [0.25, 0.3) is 11.4 Å². The number of hydrogen-bond acceptors (Lipinski definition) is 6. The highest BCUT2D eigenvalue weighted by molar-refractivity contribution is 5.62. The van der Waals surface area contributed by atoms with Gasteiger partial charge in [-0.25, -0.2) is 4.98 Å². The second-order valence-electron chi connectivity index (χ2n) is 7.83. The molecule has 7 nitrogen and oxygen atoms in total. The van der Waals surface area contributed by atoms with Crippen molar-refractivity contribution < 1.29 is 0 Å². The van der Waals surface area contributed by atoms with Gasteiger partial charge < -0.3 is 16.0 Å². The van der Waals surface area contributed by atoms with E-state index in [2.05, 4.69) is 16.3 Å². The van der Waals surface area contributed by atoms with E-state index in [0.29, 0.717) is 35.0 Å². The zero-order valence-corrected chi connectivity index (χ0v) is 17.6. The highest BCUT2D eigenvalue weighted by Crippen LogP contribution is 2.25. The summed E-state index contributed by atoms with van der Waals surface area (Å²) in [5.41, 5.74) is 8.81. The molecule has 0 aliphatic carbocycles. The fourth-order valence-electron chi connectivity index (χ4n) is 4.02. The molecule has 3 aromatic rings. The van der Waals surface area contributed by atoms with Crippen molar-refractivity contribution in [1.29, 1.82) is 5.26 Å². The smallest absolute Gasteiger partial charge is 0.260 e. The van der Waals surface area contributed by atoms with E-state index in [4.69, 9.17) is 10.7 Å². The van der Waals surface area contributed by atoms with E-state index in [1.165, 1.54) is 0 Å². The topological polar surface area (TPSA) is 100.0 Å². The summed E-state index contributed by atoms with van der Waals surface area (Å²) in [5, 5.41) is 12.6. The van der Waals surface area contributed by atoms with Crippen LogP contribution in [0.2, 0.25) is 0 Å². The first-order valence-corrected chi connectivity index (χ1v) is 10.5. The largest absolute Gasteiger partial charge is 0.380 e. The van der Waals surface area contributed by atoms with Gasteiger partial charge in [0, 0.05) is 38.3 Å². The Kier molecular flexibility index (Phi) is 6.01. The first kappa shape index (κ1) is 20.6. The first-order chi connectivity index (χ1) is 15.1. The Bertz CT molecular complexity index is 1160. The summed E-state index contributed by atoms with van der Waals surface area (Å²) in [7, 11) is 1.75. The Labute approximate surface area is 181 Å². The zero-order chi connectivity index (χ0) is 21.8. The van der Waals surface area contributed by atoms with Crippen molar-refractivity contribution in [3.63, 3.8) is 0 Å². The molecule has 1 fully saturated rings. The Morgan fingerprint density at radius 2 is 1.94 bits per heavy atom. The third kappa shape index (κ3) is 4.30. The third-order valence-electron chi connectivity index (χ3n) is 5.65. The number of rotatable bonds is 5. The molecule has 0 radical (unpaired) electrons. The van der Waals surface area contributed by atoms with Gasteiger partial charge in [-0.2, -0.15) is 5.26 Å². The maximum atomic E-state index is 13.4. The van der Waals surface area contributed by atoms with Crippen LogP contribution in [-0.4, -0.2) is 28.7 Å². The number of nitrogens with one attached hydrogen (secondary N) is 1. The summed E-state index contributed by atoms with van der Waals surface area (Å²) in [4.78, 5) is 20.5. The molecule has 0 bridgehead atoms. The molecule has 3 N–H and O–H groups in total.